The molecule has 0 aliphatic heterocycles. The highest BCUT2D eigenvalue weighted by Gasteiger charge is 2.24. The number of tetrazole rings is 1. The van der Waals surface area contributed by atoms with Crippen molar-refractivity contribution in [2.75, 3.05) is 4.90 Å². The average Bonchev–Trinajstić information content (AvgIpc) is 3.36. The zero-order valence-corrected chi connectivity index (χ0v) is 17.0. The molecular weight excluding hydrogens is 460 g/mol. The van der Waals surface area contributed by atoms with Crippen molar-refractivity contribution in [2.24, 2.45) is 0 Å². The summed E-state index contributed by atoms with van der Waals surface area (Å²) in [6.07, 6.45) is 2.81. The maximum absolute atomic E-state index is 13.4. The van der Waals surface area contributed by atoms with Gasteiger partial charge in [0.15, 0.2) is 11.5 Å². The number of carbonyl (C=O) groups excluding carboxylic acids is 1. The predicted octanol–water partition coefficient (Wildman–Crippen LogP) is 4.44. The van der Waals surface area contributed by atoms with Crippen molar-refractivity contribution in [3.8, 4) is 22.9 Å². The Balaban J connectivity index is 1.79. The molecule has 0 radical (unpaired) electrons. The minimum Gasteiger partial charge on any atom is -0.431 e. The molecule has 4 aromatic rings. The molecule has 2 aromatic heterocycles. The van der Waals surface area contributed by atoms with Crippen LogP contribution in [0.5, 0.6) is 11.5 Å². The summed E-state index contributed by atoms with van der Waals surface area (Å²) in [5, 5.41) is 13.6. The molecule has 0 aliphatic rings. The summed E-state index contributed by atoms with van der Waals surface area (Å²) in [7, 11) is 0. The standard InChI is InChI=1S/C21H14F4N6O3/c22-20(23)33-16-8-7-15(10-17(16)34-21(24)25)31(19(32)13-2-1-9-26-11-13)14-5-3-12(4-6-14)18-27-29-30-28-18/h1-11,20-21H,(H,27,28,29,30). The van der Waals surface area contributed by atoms with Gasteiger partial charge < -0.3 is 9.47 Å². The van der Waals surface area contributed by atoms with Crippen LogP contribution in [0, 0.1) is 0 Å². The van der Waals surface area contributed by atoms with Gasteiger partial charge in [-0.25, -0.2) is 0 Å². The van der Waals surface area contributed by atoms with Crippen molar-refractivity contribution in [2.45, 2.75) is 13.2 Å². The van der Waals surface area contributed by atoms with E-state index in [9.17, 15) is 22.4 Å². The van der Waals surface area contributed by atoms with Crippen LogP contribution in [-0.4, -0.2) is 44.7 Å². The van der Waals surface area contributed by atoms with Gasteiger partial charge in [0.1, 0.15) is 0 Å². The van der Waals surface area contributed by atoms with Gasteiger partial charge in [-0.2, -0.15) is 22.8 Å². The average molecular weight is 474 g/mol. The van der Waals surface area contributed by atoms with E-state index in [1.165, 1.54) is 29.4 Å². The van der Waals surface area contributed by atoms with E-state index in [2.05, 4.69) is 35.1 Å². The number of aromatic amines is 1. The van der Waals surface area contributed by atoms with Crippen molar-refractivity contribution >= 4 is 17.3 Å². The SMILES string of the molecule is O=C(c1cccnc1)N(c1ccc(-c2nn[nH]n2)cc1)c1ccc(OC(F)F)c(OC(F)F)c1. The first-order chi connectivity index (χ1) is 16.4. The molecule has 4 rings (SSSR count). The number of carbonyl (C=O) groups is 1. The van der Waals surface area contributed by atoms with E-state index >= 15 is 0 Å². The predicted molar refractivity (Wildman–Crippen MR) is 110 cm³/mol. The second kappa shape index (κ2) is 9.94. The van der Waals surface area contributed by atoms with E-state index in [0.717, 1.165) is 12.1 Å². The number of rotatable bonds is 8. The van der Waals surface area contributed by atoms with Crippen molar-refractivity contribution < 1.29 is 31.8 Å². The molecule has 0 saturated carbocycles. The van der Waals surface area contributed by atoms with Gasteiger partial charge in [-0.15, -0.1) is 10.2 Å². The summed E-state index contributed by atoms with van der Waals surface area (Å²) >= 11 is 0. The number of H-pyrrole nitrogens is 1. The van der Waals surface area contributed by atoms with Crippen LogP contribution in [0.15, 0.2) is 67.0 Å². The van der Waals surface area contributed by atoms with E-state index in [4.69, 9.17) is 0 Å². The molecule has 13 heteroatoms. The Hall–Kier alpha value is -4.55. The fraction of sp³-hybridized carbons (Fsp3) is 0.0952. The highest BCUT2D eigenvalue weighted by atomic mass is 19.3. The van der Waals surface area contributed by atoms with E-state index < -0.39 is 30.6 Å². The number of halogens is 4. The van der Waals surface area contributed by atoms with Gasteiger partial charge in [-0.1, -0.05) is 0 Å². The highest BCUT2D eigenvalue weighted by molar-refractivity contribution is 6.11. The van der Waals surface area contributed by atoms with Crippen molar-refractivity contribution in [3.63, 3.8) is 0 Å². The third-order valence-corrected chi connectivity index (χ3v) is 4.46. The Labute approximate surface area is 189 Å². The molecule has 0 saturated heterocycles. The number of alkyl halides is 4. The van der Waals surface area contributed by atoms with Gasteiger partial charge in [-0.05, 0) is 53.7 Å². The zero-order valence-electron chi connectivity index (χ0n) is 17.0. The molecule has 174 valence electrons. The van der Waals surface area contributed by atoms with Gasteiger partial charge in [0.05, 0.1) is 11.3 Å². The molecule has 0 aliphatic carbocycles. The van der Waals surface area contributed by atoms with Crippen LogP contribution in [0.4, 0.5) is 28.9 Å². The summed E-state index contributed by atoms with van der Waals surface area (Å²) in [5.41, 5.74) is 1.16. The van der Waals surface area contributed by atoms with Gasteiger partial charge in [0, 0.05) is 29.7 Å². The topological polar surface area (TPSA) is 106 Å². The largest absolute Gasteiger partial charge is 0.431 e. The molecule has 0 bridgehead atoms. The van der Waals surface area contributed by atoms with E-state index in [1.54, 1.807) is 30.3 Å². The molecule has 9 nitrogen and oxygen atoms in total. The van der Waals surface area contributed by atoms with Crippen LogP contribution in [0.25, 0.3) is 11.4 Å². The maximum Gasteiger partial charge on any atom is 0.387 e. The van der Waals surface area contributed by atoms with Gasteiger partial charge in [0.2, 0.25) is 5.82 Å². The Morgan fingerprint density at radius 1 is 0.912 bits per heavy atom. The van der Waals surface area contributed by atoms with Crippen LogP contribution < -0.4 is 14.4 Å². The van der Waals surface area contributed by atoms with Gasteiger partial charge in [-0.3, -0.25) is 14.7 Å². The number of anilines is 2. The second-order valence-electron chi connectivity index (χ2n) is 6.55. The molecule has 0 atom stereocenters. The number of amides is 1. The summed E-state index contributed by atoms with van der Waals surface area (Å²) < 4.78 is 59.9. The molecule has 1 amide bonds. The molecule has 2 aromatic carbocycles. The van der Waals surface area contributed by atoms with Crippen molar-refractivity contribution in [1.82, 2.24) is 25.6 Å². The monoisotopic (exact) mass is 474 g/mol. The fourth-order valence-corrected chi connectivity index (χ4v) is 3.06. The number of hydrogen-bond donors (Lipinski definition) is 1. The fourth-order valence-electron chi connectivity index (χ4n) is 3.06. The van der Waals surface area contributed by atoms with Crippen LogP contribution in [0.3, 0.4) is 0 Å². The Morgan fingerprint density at radius 2 is 1.62 bits per heavy atom. The van der Waals surface area contributed by atoms with Crippen molar-refractivity contribution in [1.29, 1.82) is 0 Å². The second-order valence-corrected chi connectivity index (χ2v) is 6.55. The van der Waals surface area contributed by atoms with E-state index in [0.29, 0.717) is 17.1 Å². The minimum atomic E-state index is -3.31. The smallest absolute Gasteiger partial charge is 0.387 e. The third-order valence-electron chi connectivity index (χ3n) is 4.46. The lowest BCUT2D eigenvalue weighted by atomic mass is 10.1. The summed E-state index contributed by atoms with van der Waals surface area (Å²) in [6, 6.07) is 12.7. The molecule has 0 spiro atoms. The summed E-state index contributed by atoms with van der Waals surface area (Å²) in [4.78, 5) is 18.5. The lowest BCUT2D eigenvalue weighted by Crippen LogP contribution is -2.26. The quantitative estimate of drug-likeness (QED) is 0.376. The summed E-state index contributed by atoms with van der Waals surface area (Å²) in [5.74, 6) is -1.52. The highest BCUT2D eigenvalue weighted by Crippen LogP contribution is 2.37. The van der Waals surface area contributed by atoms with Crippen LogP contribution in [-0.2, 0) is 0 Å². The third kappa shape index (κ3) is 5.09. The van der Waals surface area contributed by atoms with Crippen LogP contribution >= 0.6 is 0 Å². The number of nitrogens with one attached hydrogen (secondary N) is 1. The number of aromatic nitrogens is 5. The Bertz CT molecular complexity index is 1240. The van der Waals surface area contributed by atoms with Crippen LogP contribution in [0.1, 0.15) is 10.4 Å². The summed E-state index contributed by atoms with van der Waals surface area (Å²) in [6.45, 7) is -6.58. The first-order valence-electron chi connectivity index (χ1n) is 9.54. The normalized spacial score (nSPS) is 11.0. The first kappa shape index (κ1) is 22.6. The van der Waals surface area contributed by atoms with Crippen LogP contribution in [0.2, 0.25) is 0 Å². The zero-order chi connectivity index (χ0) is 24.1. The minimum absolute atomic E-state index is 0.0541. The molecule has 0 unspecified atom stereocenters. The lowest BCUT2D eigenvalue weighted by molar-refractivity contribution is -0.0691. The molecule has 0 fully saturated rings. The first-order valence-corrected chi connectivity index (χ1v) is 9.54. The lowest BCUT2D eigenvalue weighted by Gasteiger charge is -2.24. The van der Waals surface area contributed by atoms with E-state index in [1.807, 2.05) is 0 Å². The number of nitrogens with zero attached hydrogens (tertiary/aromatic N) is 5. The molecule has 2 heterocycles. The number of ether oxygens (including phenoxy) is 2. The number of hydrogen-bond acceptors (Lipinski definition) is 7. The van der Waals surface area contributed by atoms with E-state index in [-0.39, 0.29) is 11.3 Å². The van der Waals surface area contributed by atoms with Gasteiger partial charge in [0.25, 0.3) is 5.91 Å². The Morgan fingerprint density at radius 3 is 2.24 bits per heavy atom. The number of benzene rings is 2. The number of pyridine rings is 1. The van der Waals surface area contributed by atoms with Crippen molar-refractivity contribution in [3.05, 3.63) is 72.6 Å². The molecule has 34 heavy (non-hydrogen) atoms. The maximum atomic E-state index is 13.4. The molecular formula is C21H14F4N6O3. The molecule has 1 N–H and O–H groups in total. The van der Waals surface area contributed by atoms with Gasteiger partial charge >= 0.3 is 13.2 Å². The Kier molecular flexibility index (Phi) is 6.62.